The lowest BCUT2D eigenvalue weighted by atomic mass is 9.88. The van der Waals surface area contributed by atoms with Crippen molar-refractivity contribution in [1.82, 2.24) is 9.80 Å². The Morgan fingerprint density at radius 2 is 2.04 bits per heavy atom. The van der Waals surface area contributed by atoms with E-state index in [4.69, 9.17) is 5.26 Å². The molecule has 0 unspecified atom stereocenters. The van der Waals surface area contributed by atoms with Gasteiger partial charge in [0.1, 0.15) is 0 Å². The third kappa shape index (κ3) is 4.83. The Balaban J connectivity index is 1.45. The number of hydrogen-bond donors (Lipinski definition) is 0. The third-order valence-corrected chi connectivity index (χ3v) is 5.82. The molecule has 0 radical (unpaired) electrons. The van der Waals surface area contributed by atoms with E-state index in [1.54, 1.807) is 0 Å². The van der Waals surface area contributed by atoms with E-state index in [9.17, 15) is 4.79 Å². The van der Waals surface area contributed by atoms with Crippen LogP contribution in [0, 0.1) is 17.2 Å². The van der Waals surface area contributed by atoms with Crippen molar-refractivity contribution in [1.29, 1.82) is 5.26 Å². The summed E-state index contributed by atoms with van der Waals surface area (Å²) >= 11 is 0. The topological polar surface area (TPSA) is 47.3 Å². The summed E-state index contributed by atoms with van der Waals surface area (Å²) in [6, 6.07) is 10.1. The van der Waals surface area contributed by atoms with Gasteiger partial charge >= 0.3 is 0 Å². The van der Waals surface area contributed by atoms with Crippen LogP contribution in [-0.2, 0) is 4.79 Å². The molecule has 0 spiro atoms. The second kappa shape index (κ2) is 8.49. The Bertz CT molecular complexity index is 628. The average Bonchev–Trinajstić information content (AvgIpc) is 2.66. The Morgan fingerprint density at radius 3 is 2.76 bits per heavy atom. The van der Waals surface area contributed by atoms with E-state index in [0.29, 0.717) is 24.2 Å². The molecule has 2 aliphatic heterocycles. The van der Waals surface area contributed by atoms with Gasteiger partial charge in [-0.05, 0) is 75.2 Å². The molecule has 2 aliphatic rings. The molecule has 2 saturated heterocycles. The van der Waals surface area contributed by atoms with Gasteiger partial charge in [0.2, 0.25) is 5.91 Å². The normalized spacial score (nSPS) is 22.6. The SMILES string of the molecule is CN1CCC[C@@H](CCC(=O)N2CCC(c3cccc(C#N)c3)CC2)C1. The molecule has 3 rings (SSSR count). The zero-order valence-corrected chi connectivity index (χ0v) is 15.3. The van der Waals surface area contributed by atoms with E-state index < -0.39 is 0 Å². The standard InChI is InChI=1S/C21H29N3O/c1-23-11-3-5-17(16-23)7-8-21(25)24-12-9-19(10-13-24)20-6-2-4-18(14-20)15-22/h2,4,6,14,17,19H,3,5,7-13,16H2,1H3/t17-/m0/s1. The highest BCUT2D eigenvalue weighted by Gasteiger charge is 2.25. The van der Waals surface area contributed by atoms with Crippen molar-refractivity contribution < 1.29 is 4.79 Å². The van der Waals surface area contributed by atoms with Gasteiger partial charge < -0.3 is 9.80 Å². The molecular formula is C21H29N3O. The van der Waals surface area contributed by atoms with Gasteiger partial charge in [0.25, 0.3) is 0 Å². The maximum atomic E-state index is 12.5. The quantitative estimate of drug-likeness (QED) is 0.845. The van der Waals surface area contributed by atoms with Crippen molar-refractivity contribution >= 4 is 5.91 Å². The Labute approximate surface area is 151 Å². The third-order valence-electron chi connectivity index (χ3n) is 5.82. The number of amides is 1. The fourth-order valence-corrected chi connectivity index (χ4v) is 4.32. The molecule has 0 aromatic heterocycles. The van der Waals surface area contributed by atoms with Gasteiger partial charge in [0.05, 0.1) is 11.6 Å². The molecule has 134 valence electrons. The van der Waals surface area contributed by atoms with Crippen LogP contribution in [0.5, 0.6) is 0 Å². The van der Waals surface area contributed by atoms with Crippen LogP contribution in [0.1, 0.15) is 55.6 Å². The predicted octanol–water partition coefficient (Wildman–Crippen LogP) is 3.39. The highest BCUT2D eigenvalue weighted by Crippen LogP contribution is 2.29. The molecular weight excluding hydrogens is 310 g/mol. The van der Waals surface area contributed by atoms with E-state index >= 15 is 0 Å². The van der Waals surface area contributed by atoms with Crippen LogP contribution in [0.2, 0.25) is 0 Å². The van der Waals surface area contributed by atoms with Crippen molar-refractivity contribution in [3.8, 4) is 6.07 Å². The Hall–Kier alpha value is -1.86. The molecule has 1 amide bonds. The van der Waals surface area contributed by atoms with Crippen molar-refractivity contribution in [3.63, 3.8) is 0 Å². The first kappa shape index (κ1) is 17.9. The molecule has 25 heavy (non-hydrogen) atoms. The lowest BCUT2D eigenvalue weighted by Gasteiger charge is -2.33. The maximum absolute atomic E-state index is 12.5. The minimum atomic E-state index is 0.331. The van der Waals surface area contributed by atoms with Gasteiger partial charge in [-0.1, -0.05) is 12.1 Å². The first-order chi connectivity index (χ1) is 12.2. The second-order valence-electron chi connectivity index (χ2n) is 7.70. The smallest absolute Gasteiger partial charge is 0.222 e. The molecule has 0 N–H and O–H groups in total. The summed E-state index contributed by atoms with van der Waals surface area (Å²) in [5, 5.41) is 9.05. The number of hydrogen-bond acceptors (Lipinski definition) is 3. The molecule has 0 bridgehead atoms. The number of nitrogens with zero attached hydrogens (tertiary/aromatic N) is 3. The summed E-state index contributed by atoms with van der Waals surface area (Å²) in [5.74, 6) is 1.50. The summed E-state index contributed by atoms with van der Waals surface area (Å²) < 4.78 is 0. The molecule has 4 heteroatoms. The van der Waals surface area contributed by atoms with Gasteiger partial charge in [0, 0.05) is 26.1 Å². The molecule has 2 fully saturated rings. The van der Waals surface area contributed by atoms with E-state index in [1.807, 2.05) is 18.2 Å². The monoisotopic (exact) mass is 339 g/mol. The number of likely N-dealkylation sites (tertiary alicyclic amines) is 2. The number of nitriles is 1. The van der Waals surface area contributed by atoms with Crippen molar-refractivity contribution in [2.24, 2.45) is 5.92 Å². The fourth-order valence-electron chi connectivity index (χ4n) is 4.32. The number of carbonyl (C=O) groups excluding carboxylic acids is 1. The van der Waals surface area contributed by atoms with Gasteiger partial charge in [-0.15, -0.1) is 0 Å². The lowest BCUT2D eigenvalue weighted by Crippen LogP contribution is -2.38. The second-order valence-corrected chi connectivity index (χ2v) is 7.70. The number of rotatable bonds is 4. The minimum absolute atomic E-state index is 0.331. The molecule has 0 saturated carbocycles. The summed E-state index contributed by atoms with van der Waals surface area (Å²) in [6.07, 6.45) is 6.29. The van der Waals surface area contributed by atoms with Crippen LogP contribution in [-0.4, -0.2) is 48.9 Å². The zero-order chi connectivity index (χ0) is 17.6. The maximum Gasteiger partial charge on any atom is 0.222 e. The summed E-state index contributed by atoms with van der Waals surface area (Å²) in [6.45, 7) is 4.05. The Kier molecular flexibility index (Phi) is 6.09. The predicted molar refractivity (Wildman–Crippen MR) is 99.2 cm³/mol. The largest absolute Gasteiger partial charge is 0.343 e. The van der Waals surface area contributed by atoms with E-state index in [-0.39, 0.29) is 0 Å². The first-order valence-corrected chi connectivity index (χ1v) is 9.62. The molecule has 4 nitrogen and oxygen atoms in total. The van der Waals surface area contributed by atoms with Crippen LogP contribution in [0.3, 0.4) is 0 Å². The fraction of sp³-hybridized carbons (Fsp3) is 0.619. The number of piperidine rings is 2. The van der Waals surface area contributed by atoms with E-state index in [0.717, 1.165) is 44.5 Å². The van der Waals surface area contributed by atoms with Gasteiger partial charge in [-0.25, -0.2) is 0 Å². The molecule has 1 atom stereocenters. The summed E-state index contributed by atoms with van der Waals surface area (Å²) in [4.78, 5) is 17.0. The van der Waals surface area contributed by atoms with Crippen molar-refractivity contribution in [3.05, 3.63) is 35.4 Å². The van der Waals surface area contributed by atoms with E-state index in [2.05, 4.69) is 29.0 Å². The molecule has 1 aromatic carbocycles. The molecule has 0 aliphatic carbocycles. The average molecular weight is 339 g/mol. The number of benzene rings is 1. The van der Waals surface area contributed by atoms with Crippen molar-refractivity contribution in [2.45, 2.75) is 44.4 Å². The first-order valence-electron chi connectivity index (χ1n) is 9.62. The van der Waals surface area contributed by atoms with Gasteiger partial charge in [-0.3, -0.25) is 4.79 Å². The lowest BCUT2D eigenvalue weighted by molar-refractivity contribution is -0.132. The van der Waals surface area contributed by atoms with Crippen molar-refractivity contribution in [2.75, 3.05) is 33.2 Å². The summed E-state index contributed by atoms with van der Waals surface area (Å²) in [5.41, 5.74) is 1.98. The van der Waals surface area contributed by atoms with E-state index in [1.165, 1.54) is 24.9 Å². The molecule has 2 heterocycles. The van der Waals surface area contributed by atoms with Crippen LogP contribution in [0.4, 0.5) is 0 Å². The molecule has 1 aromatic rings. The minimum Gasteiger partial charge on any atom is -0.343 e. The van der Waals surface area contributed by atoms with Crippen LogP contribution in [0.25, 0.3) is 0 Å². The van der Waals surface area contributed by atoms with Crippen LogP contribution >= 0.6 is 0 Å². The van der Waals surface area contributed by atoms with Gasteiger partial charge in [0.15, 0.2) is 0 Å². The van der Waals surface area contributed by atoms with Crippen LogP contribution in [0.15, 0.2) is 24.3 Å². The highest BCUT2D eigenvalue weighted by atomic mass is 16.2. The number of carbonyl (C=O) groups is 1. The Morgan fingerprint density at radius 1 is 1.24 bits per heavy atom. The summed E-state index contributed by atoms with van der Waals surface area (Å²) in [7, 11) is 2.18. The highest BCUT2D eigenvalue weighted by molar-refractivity contribution is 5.76. The zero-order valence-electron chi connectivity index (χ0n) is 15.3. The van der Waals surface area contributed by atoms with Gasteiger partial charge in [-0.2, -0.15) is 5.26 Å². The van der Waals surface area contributed by atoms with Crippen LogP contribution < -0.4 is 0 Å².